The number of rotatable bonds is 0. The van der Waals surface area contributed by atoms with Gasteiger partial charge in [-0.2, -0.15) is 0 Å². The molecular formula is Br4CrLi. The Morgan fingerprint density at radius 3 is 0.500 bits per heavy atom. The van der Waals surface area contributed by atoms with E-state index in [4.69, 9.17) is 0 Å². The van der Waals surface area contributed by atoms with Gasteiger partial charge in [-0.05, 0) is 0 Å². The largest absolute Gasteiger partial charge is 3.00 e. The molecule has 0 nitrogen and oxygen atoms in total. The molecule has 0 spiro atoms. The van der Waals surface area contributed by atoms with E-state index >= 15 is 0 Å². The van der Waals surface area contributed by atoms with Crippen molar-refractivity contribution in [3.8, 4) is 0 Å². The van der Waals surface area contributed by atoms with E-state index in [1.165, 1.54) is 0 Å². The molecule has 1 radical (unpaired) electrons. The van der Waals surface area contributed by atoms with Crippen molar-refractivity contribution < 1.29 is 104 Å². The first-order valence-corrected chi connectivity index (χ1v) is 0. The van der Waals surface area contributed by atoms with E-state index in [1.807, 2.05) is 0 Å². The Hall–Kier alpha value is 3.05. The van der Waals surface area contributed by atoms with Gasteiger partial charge in [0.25, 0.3) is 0 Å². The van der Waals surface area contributed by atoms with Gasteiger partial charge in [0.15, 0.2) is 0 Å². The maximum atomic E-state index is 0. The first-order chi connectivity index (χ1) is 0. The minimum absolute atomic E-state index is 0. The fourth-order valence-corrected chi connectivity index (χ4v) is 0. The Labute approximate surface area is 103 Å². The summed E-state index contributed by atoms with van der Waals surface area (Å²) in [5, 5.41) is 0. The van der Waals surface area contributed by atoms with Crippen LogP contribution in [0.5, 0.6) is 0 Å². The number of hydrogen-bond acceptors (Lipinski definition) is 0. The number of hydrogen-bond donors (Lipinski definition) is 0. The molecule has 0 rings (SSSR count). The van der Waals surface area contributed by atoms with Gasteiger partial charge < -0.3 is 67.9 Å². The van der Waals surface area contributed by atoms with Crippen LogP contribution in [0.1, 0.15) is 0 Å². The molecule has 6 heavy (non-hydrogen) atoms. The second-order valence-electron chi connectivity index (χ2n) is 0. The predicted octanol–water partition coefficient (Wildman–Crippen LogP) is -15.0. The van der Waals surface area contributed by atoms with Gasteiger partial charge in [0.05, 0.1) is 0 Å². The van der Waals surface area contributed by atoms with Gasteiger partial charge in [-0.1, -0.05) is 0 Å². The van der Waals surface area contributed by atoms with Crippen LogP contribution in [0.2, 0.25) is 0 Å². The molecule has 0 amide bonds. The summed E-state index contributed by atoms with van der Waals surface area (Å²) in [5.74, 6) is 0. The van der Waals surface area contributed by atoms with E-state index in [1.54, 1.807) is 0 Å². The van der Waals surface area contributed by atoms with Crippen LogP contribution in [0.15, 0.2) is 0 Å². The molecule has 0 aliphatic heterocycles. The molecular weight excluding hydrogens is 379 g/mol. The Bertz CT molecular complexity index is 7.51. The van der Waals surface area contributed by atoms with Crippen molar-refractivity contribution in [2.45, 2.75) is 0 Å². The summed E-state index contributed by atoms with van der Waals surface area (Å²) in [6, 6.07) is 0. The average Bonchev–Trinajstić information content (AvgIpc) is 0. The Kier molecular flexibility index (Phi) is 452. The average molecular weight is 379 g/mol. The zero-order chi connectivity index (χ0) is 0. The molecule has 0 bridgehead atoms. The van der Waals surface area contributed by atoms with Crippen molar-refractivity contribution in [2.24, 2.45) is 0 Å². The minimum Gasteiger partial charge on any atom is -1.00 e. The van der Waals surface area contributed by atoms with Gasteiger partial charge in [0.1, 0.15) is 0 Å². The van der Waals surface area contributed by atoms with Crippen LogP contribution < -0.4 is 86.8 Å². The molecule has 0 aliphatic carbocycles. The maximum Gasteiger partial charge on any atom is 3.00 e. The molecule has 0 fully saturated rings. The molecule has 0 N–H and O–H groups in total. The predicted molar refractivity (Wildman–Crippen MR) is 0 cm³/mol. The quantitative estimate of drug-likeness (QED) is 0.368. The van der Waals surface area contributed by atoms with Gasteiger partial charge >= 0.3 is 36.2 Å². The van der Waals surface area contributed by atoms with Crippen LogP contribution in [0.25, 0.3) is 0 Å². The minimum atomic E-state index is 0. The molecule has 0 atom stereocenters. The van der Waals surface area contributed by atoms with E-state index < -0.39 is 0 Å². The summed E-state index contributed by atoms with van der Waals surface area (Å²) < 4.78 is 0. The normalized spacial score (nSPS) is 0. The topological polar surface area (TPSA) is 0 Å². The van der Waals surface area contributed by atoms with Crippen molar-refractivity contribution in [3.63, 3.8) is 0 Å². The van der Waals surface area contributed by atoms with Crippen LogP contribution in [0.3, 0.4) is 0 Å². The van der Waals surface area contributed by atoms with Crippen molar-refractivity contribution >= 4 is 0 Å². The van der Waals surface area contributed by atoms with Crippen molar-refractivity contribution in [3.05, 3.63) is 0 Å². The van der Waals surface area contributed by atoms with E-state index in [-0.39, 0.29) is 104 Å². The second-order valence-corrected chi connectivity index (χ2v) is 0. The third-order valence-electron chi connectivity index (χ3n) is 0. The molecule has 0 saturated carbocycles. The summed E-state index contributed by atoms with van der Waals surface area (Å²) >= 11 is 0. The summed E-state index contributed by atoms with van der Waals surface area (Å²) in [6.07, 6.45) is 0. The molecule has 0 aromatic carbocycles. The van der Waals surface area contributed by atoms with Crippen molar-refractivity contribution in [1.82, 2.24) is 0 Å². The van der Waals surface area contributed by atoms with Gasteiger partial charge in [-0.25, -0.2) is 0 Å². The Balaban J connectivity index is 0. The smallest absolute Gasteiger partial charge is 1.00 e. The fraction of sp³-hybridized carbons (Fsp3) is 0. The van der Waals surface area contributed by atoms with Gasteiger partial charge in [0.2, 0.25) is 0 Å². The molecule has 0 aliphatic rings. The molecule has 0 heterocycles. The molecule has 0 unspecified atom stereocenters. The van der Waals surface area contributed by atoms with E-state index in [0.29, 0.717) is 0 Å². The van der Waals surface area contributed by atoms with Gasteiger partial charge in [-0.3, -0.25) is 0 Å². The molecule has 6 heteroatoms. The van der Waals surface area contributed by atoms with Crippen LogP contribution >= 0.6 is 0 Å². The van der Waals surface area contributed by atoms with Crippen LogP contribution in [0.4, 0.5) is 0 Å². The van der Waals surface area contributed by atoms with Crippen LogP contribution in [0, 0.1) is 0 Å². The van der Waals surface area contributed by atoms with Crippen molar-refractivity contribution in [2.75, 3.05) is 0 Å². The van der Waals surface area contributed by atoms with Gasteiger partial charge in [-0.15, -0.1) is 0 Å². The summed E-state index contributed by atoms with van der Waals surface area (Å²) in [5.41, 5.74) is 0. The van der Waals surface area contributed by atoms with Crippen LogP contribution in [-0.4, -0.2) is 0 Å². The first kappa shape index (κ1) is 63.0. The zero-order valence-corrected chi connectivity index (χ0v) is 10.5. The summed E-state index contributed by atoms with van der Waals surface area (Å²) in [4.78, 5) is 0. The van der Waals surface area contributed by atoms with Gasteiger partial charge in [0, 0.05) is 0 Å². The molecule has 0 aromatic rings. The third-order valence-corrected chi connectivity index (χ3v) is 0. The van der Waals surface area contributed by atoms with Crippen LogP contribution in [-0.2, 0) is 17.4 Å². The Morgan fingerprint density at radius 1 is 0.500 bits per heavy atom. The molecule has 0 saturated heterocycles. The third kappa shape index (κ3) is 27.7. The molecule has 35 valence electrons. The Morgan fingerprint density at radius 2 is 0.500 bits per heavy atom. The van der Waals surface area contributed by atoms with E-state index in [0.717, 1.165) is 0 Å². The zero-order valence-electron chi connectivity index (χ0n) is 2.92. The summed E-state index contributed by atoms with van der Waals surface area (Å²) in [7, 11) is 0. The van der Waals surface area contributed by atoms with E-state index in [2.05, 4.69) is 0 Å². The monoisotopic (exact) mass is 375 g/mol. The maximum absolute atomic E-state index is 0. The SMILES string of the molecule is [Br-].[Br-].[Br-].[Br-].[Cr+3].[Li+]. The van der Waals surface area contributed by atoms with Crippen molar-refractivity contribution in [1.29, 1.82) is 0 Å². The number of halogens is 4. The first-order valence-electron chi connectivity index (χ1n) is 0. The second kappa shape index (κ2) is 43.0. The van der Waals surface area contributed by atoms with E-state index in [9.17, 15) is 0 Å². The standard InChI is InChI=1S/4BrH.Cr.Li/h4*1H;;/q;;;;+3;+1/p-4. The molecule has 0 aromatic heterocycles. The fourth-order valence-electron chi connectivity index (χ4n) is 0. The summed E-state index contributed by atoms with van der Waals surface area (Å²) in [6.45, 7) is 0.